The zero-order valence-electron chi connectivity index (χ0n) is 14.0. The van der Waals surface area contributed by atoms with Crippen LogP contribution in [0.15, 0.2) is 12.2 Å². The molecule has 0 N–H and O–H groups in total. The molecule has 2 rings (SSSR count). The monoisotopic (exact) mass is 294 g/mol. The first-order valence-corrected chi connectivity index (χ1v) is 9.54. The van der Waals surface area contributed by atoms with E-state index in [1.54, 1.807) is 0 Å². The fourth-order valence-electron chi connectivity index (χ4n) is 4.56. The zero-order chi connectivity index (χ0) is 14.9. The van der Waals surface area contributed by atoms with Crippen molar-refractivity contribution in [3.05, 3.63) is 12.2 Å². The van der Waals surface area contributed by atoms with E-state index >= 15 is 0 Å². The van der Waals surface area contributed by atoms with Gasteiger partial charge in [-0.05, 0) is 81.5 Å². The van der Waals surface area contributed by atoms with Crippen molar-refractivity contribution in [1.82, 2.24) is 0 Å². The summed E-state index contributed by atoms with van der Waals surface area (Å²) in [4.78, 5) is 0. The lowest BCUT2D eigenvalue weighted by atomic mass is 9.68. The van der Waals surface area contributed by atoms with Crippen LogP contribution in [0.4, 0.5) is 4.39 Å². The summed E-state index contributed by atoms with van der Waals surface area (Å²) in [5.41, 5.74) is 0. The molecule has 0 aliphatic heterocycles. The summed E-state index contributed by atoms with van der Waals surface area (Å²) in [5.74, 6) is 4.03. The Morgan fingerprint density at radius 2 is 1.38 bits per heavy atom. The topological polar surface area (TPSA) is 0 Å². The fraction of sp³-hybridized carbons (Fsp3) is 0.900. The Morgan fingerprint density at radius 3 is 1.90 bits per heavy atom. The Kier molecular flexibility index (Phi) is 7.82. The van der Waals surface area contributed by atoms with Crippen LogP contribution in [0.1, 0.15) is 84.0 Å². The normalized spacial score (nSPS) is 34.4. The SMILES string of the molecule is CCC1CCC([C@H]2CC[C@H](C/C=C/CCCF)CC2)CC1. The van der Waals surface area contributed by atoms with E-state index < -0.39 is 0 Å². The molecular formula is C20H35F. The fourth-order valence-corrected chi connectivity index (χ4v) is 4.56. The Labute approximate surface area is 131 Å². The molecule has 0 aromatic rings. The summed E-state index contributed by atoms with van der Waals surface area (Å²) < 4.78 is 12.0. The molecule has 0 aromatic carbocycles. The largest absolute Gasteiger partial charge is 0.251 e. The van der Waals surface area contributed by atoms with Gasteiger partial charge in [0, 0.05) is 0 Å². The Hall–Kier alpha value is -0.330. The lowest BCUT2D eigenvalue weighted by Gasteiger charge is -2.37. The van der Waals surface area contributed by atoms with Gasteiger partial charge < -0.3 is 0 Å². The van der Waals surface area contributed by atoms with Gasteiger partial charge in [-0.3, -0.25) is 4.39 Å². The summed E-state index contributed by atoms with van der Waals surface area (Å²) in [6.45, 7) is 2.19. The highest BCUT2D eigenvalue weighted by atomic mass is 19.1. The van der Waals surface area contributed by atoms with E-state index in [-0.39, 0.29) is 6.67 Å². The van der Waals surface area contributed by atoms with Crippen molar-refractivity contribution < 1.29 is 4.39 Å². The van der Waals surface area contributed by atoms with E-state index in [0.29, 0.717) is 6.42 Å². The number of halogens is 1. The van der Waals surface area contributed by atoms with Crippen molar-refractivity contribution in [2.24, 2.45) is 23.7 Å². The van der Waals surface area contributed by atoms with Gasteiger partial charge in [0.2, 0.25) is 0 Å². The van der Waals surface area contributed by atoms with Gasteiger partial charge in [0.05, 0.1) is 6.67 Å². The molecule has 2 fully saturated rings. The summed E-state index contributed by atoms with van der Waals surface area (Å²) in [5, 5.41) is 0. The van der Waals surface area contributed by atoms with E-state index in [4.69, 9.17) is 0 Å². The second-order valence-corrected chi connectivity index (χ2v) is 7.51. The van der Waals surface area contributed by atoms with E-state index in [2.05, 4.69) is 19.1 Å². The highest BCUT2D eigenvalue weighted by Crippen LogP contribution is 2.42. The maximum absolute atomic E-state index is 12.0. The molecule has 0 aromatic heterocycles. The molecule has 2 aliphatic carbocycles. The van der Waals surface area contributed by atoms with E-state index in [1.807, 2.05) is 0 Å². The Morgan fingerprint density at radius 1 is 0.810 bits per heavy atom. The highest BCUT2D eigenvalue weighted by molar-refractivity contribution is 4.87. The molecule has 0 radical (unpaired) electrons. The Balaban J connectivity index is 1.61. The van der Waals surface area contributed by atoms with Gasteiger partial charge >= 0.3 is 0 Å². The van der Waals surface area contributed by atoms with E-state index in [1.165, 1.54) is 64.2 Å². The van der Waals surface area contributed by atoms with Crippen molar-refractivity contribution in [1.29, 1.82) is 0 Å². The molecule has 1 heteroatoms. The summed E-state index contributed by atoms with van der Waals surface area (Å²) >= 11 is 0. The molecule has 0 saturated heterocycles. The van der Waals surface area contributed by atoms with Gasteiger partial charge in [0.15, 0.2) is 0 Å². The van der Waals surface area contributed by atoms with Crippen LogP contribution < -0.4 is 0 Å². The molecular weight excluding hydrogens is 259 g/mol. The van der Waals surface area contributed by atoms with E-state index in [9.17, 15) is 4.39 Å². The lowest BCUT2D eigenvalue weighted by molar-refractivity contribution is 0.145. The maximum atomic E-state index is 12.0. The van der Waals surface area contributed by atoms with Crippen LogP contribution in [-0.4, -0.2) is 6.67 Å². The number of hydrogen-bond donors (Lipinski definition) is 0. The molecule has 0 unspecified atom stereocenters. The molecule has 0 heterocycles. The van der Waals surface area contributed by atoms with Crippen LogP contribution in [-0.2, 0) is 0 Å². The third kappa shape index (κ3) is 5.75. The van der Waals surface area contributed by atoms with Crippen LogP contribution in [0.2, 0.25) is 0 Å². The first-order valence-electron chi connectivity index (χ1n) is 9.54. The number of alkyl halides is 1. The molecule has 21 heavy (non-hydrogen) atoms. The van der Waals surface area contributed by atoms with Crippen LogP contribution in [0.25, 0.3) is 0 Å². The number of unbranched alkanes of at least 4 members (excludes halogenated alkanes) is 1. The van der Waals surface area contributed by atoms with Gasteiger partial charge in [0.25, 0.3) is 0 Å². The molecule has 2 saturated carbocycles. The molecule has 0 bridgehead atoms. The van der Waals surface area contributed by atoms with Crippen LogP contribution >= 0.6 is 0 Å². The second-order valence-electron chi connectivity index (χ2n) is 7.51. The smallest absolute Gasteiger partial charge is 0.0897 e. The number of rotatable bonds is 7. The third-order valence-corrected chi connectivity index (χ3v) is 6.17. The second kappa shape index (κ2) is 9.64. The van der Waals surface area contributed by atoms with Gasteiger partial charge in [-0.25, -0.2) is 0 Å². The van der Waals surface area contributed by atoms with Crippen molar-refractivity contribution in [2.75, 3.05) is 6.67 Å². The average Bonchev–Trinajstić information content (AvgIpc) is 2.55. The van der Waals surface area contributed by atoms with Crippen molar-refractivity contribution in [3.63, 3.8) is 0 Å². The first-order chi connectivity index (χ1) is 10.3. The quantitative estimate of drug-likeness (QED) is 0.362. The summed E-state index contributed by atoms with van der Waals surface area (Å²) in [6, 6.07) is 0. The standard InChI is InChI=1S/C20H35F/c1-2-17-8-12-19(13-9-17)20-14-10-18(11-15-20)7-5-3-4-6-16-21/h3,5,17-20H,2,4,6-16H2,1H3/b5-3+/t17?,18-,19?,20-. The van der Waals surface area contributed by atoms with Crippen molar-refractivity contribution in [3.8, 4) is 0 Å². The minimum absolute atomic E-state index is 0.171. The van der Waals surface area contributed by atoms with Gasteiger partial charge in [0.1, 0.15) is 0 Å². The Bertz CT molecular complexity index is 280. The molecule has 122 valence electrons. The van der Waals surface area contributed by atoms with Gasteiger partial charge in [-0.1, -0.05) is 38.3 Å². The molecule has 0 nitrogen and oxygen atoms in total. The van der Waals surface area contributed by atoms with Crippen LogP contribution in [0.5, 0.6) is 0 Å². The average molecular weight is 294 g/mol. The van der Waals surface area contributed by atoms with Crippen LogP contribution in [0, 0.1) is 23.7 Å². The first kappa shape index (κ1) is 17.0. The van der Waals surface area contributed by atoms with E-state index in [0.717, 1.165) is 30.1 Å². The van der Waals surface area contributed by atoms with Gasteiger partial charge in [-0.15, -0.1) is 0 Å². The number of allylic oxidation sites excluding steroid dienone is 2. The number of hydrogen-bond acceptors (Lipinski definition) is 0. The zero-order valence-corrected chi connectivity index (χ0v) is 14.0. The third-order valence-electron chi connectivity index (χ3n) is 6.17. The molecule has 0 atom stereocenters. The predicted molar refractivity (Wildman–Crippen MR) is 90.2 cm³/mol. The van der Waals surface area contributed by atoms with Crippen molar-refractivity contribution in [2.45, 2.75) is 84.0 Å². The highest BCUT2D eigenvalue weighted by Gasteiger charge is 2.29. The van der Waals surface area contributed by atoms with Crippen molar-refractivity contribution >= 4 is 0 Å². The predicted octanol–water partition coefficient (Wildman–Crippen LogP) is 6.71. The molecule has 0 amide bonds. The minimum atomic E-state index is -0.171. The van der Waals surface area contributed by atoms with Crippen LogP contribution in [0.3, 0.4) is 0 Å². The molecule has 2 aliphatic rings. The summed E-state index contributed by atoms with van der Waals surface area (Å²) in [6.07, 6.45) is 20.6. The minimum Gasteiger partial charge on any atom is -0.251 e. The summed E-state index contributed by atoms with van der Waals surface area (Å²) in [7, 11) is 0. The van der Waals surface area contributed by atoms with Gasteiger partial charge in [-0.2, -0.15) is 0 Å². The lowest BCUT2D eigenvalue weighted by Crippen LogP contribution is -2.25. The maximum Gasteiger partial charge on any atom is 0.0897 e. The molecule has 0 spiro atoms.